The van der Waals surface area contributed by atoms with Crippen LogP contribution >= 0.6 is 12.4 Å². The van der Waals surface area contributed by atoms with Gasteiger partial charge in [0.15, 0.2) is 11.5 Å². The van der Waals surface area contributed by atoms with Crippen molar-refractivity contribution in [2.45, 2.75) is 13.2 Å². The molecule has 0 fully saturated rings. The molecular weight excluding hydrogens is 178 g/mol. The molecule has 2 N–H and O–H groups in total. The van der Waals surface area contributed by atoms with Crippen molar-refractivity contribution in [2.24, 2.45) is 0 Å². The van der Waals surface area contributed by atoms with Crippen LogP contribution in [0.4, 0.5) is 5.69 Å². The van der Waals surface area contributed by atoms with Crippen LogP contribution in [0.1, 0.15) is 6.92 Å². The number of ether oxygens (including phenoxy) is 2. The molecule has 0 aliphatic carbocycles. The van der Waals surface area contributed by atoms with Crippen molar-refractivity contribution < 1.29 is 9.47 Å². The zero-order valence-electron chi connectivity index (χ0n) is 6.61. The van der Waals surface area contributed by atoms with Crippen LogP contribution in [0, 0.1) is 0 Å². The molecule has 66 valence electrons. The highest BCUT2D eigenvalue weighted by Gasteiger charge is 2.19. The van der Waals surface area contributed by atoms with Gasteiger partial charge in [-0.05, 0) is 12.1 Å². The molecular formula is C8H10ClNO2. The molecule has 0 amide bonds. The molecule has 4 heteroatoms. The van der Waals surface area contributed by atoms with E-state index >= 15 is 0 Å². The lowest BCUT2D eigenvalue weighted by Gasteiger charge is -1.99. The molecule has 0 bridgehead atoms. The predicted molar refractivity (Wildman–Crippen MR) is 48.8 cm³/mol. The number of fused-ring (bicyclic) bond motifs is 1. The Morgan fingerprint density at radius 1 is 1.25 bits per heavy atom. The first-order valence-electron chi connectivity index (χ1n) is 3.48. The average molecular weight is 188 g/mol. The highest BCUT2D eigenvalue weighted by atomic mass is 35.5. The smallest absolute Gasteiger partial charge is 0.238 e. The third kappa shape index (κ3) is 1.41. The summed E-state index contributed by atoms with van der Waals surface area (Å²) in [6.45, 7) is 1.84. The first-order valence-corrected chi connectivity index (χ1v) is 3.48. The number of hydrogen-bond acceptors (Lipinski definition) is 3. The molecule has 0 spiro atoms. The van der Waals surface area contributed by atoms with Crippen molar-refractivity contribution in [2.75, 3.05) is 5.73 Å². The number of hydrogen-bond donors (Lipinski definition) is 1. The number of halogens is 1. The lowest BCUT2D eigenvalue weighted by Crippen LogP contribution is -2.11. The van der Waals surface area contributed by atoms with Gasteiger partial charge < -0.3 is 15.2 Å². The van der Waals surface area contributed by atoms with E-state index in [4.69, 9.17) is 15.2 Å². The second kappa shape index (κ2) is 3.11. The zero-order valence-corrected chi connectivity index (χ0v) is 7.43. The summed E-state index contributed by atoms with van der Waals surface area (Å²) < 4.78 is 10.6. The lowest BCUT2D eigenvalue weighted by atomic mass is 10.3. The molecule has 1 aliphatic heterocycles. The van der Waals surface area contributed by atoms with E-state index in [1.165, 1.54) is 0 Å². The SMILES string of the molecule is CC1Oc2ccc(N)cc2O1.Cl. The van der Waals surface area contributed by atoms with E-state index < -0.39 is 0 Å². The molecule has 1 aromatic rings. The van der Waals surface area contributed by atoms with Crippen LogP contribution in [0.3, 0.4) is 0 Å². The second-order valence-corrected chi connectivity index (χ2v) is 2.51. The van der Waals surface area contributed by atoms with Gasteiger partial charge in [0.2, 0.25) is 6.29 Å². The largest absolute Gasteiger partial charge is 0.451 e. The van der Waals surface area contributed by atoms with E-state index in [0.29, 0.717) is 5.69 Å². The maximum Gasteiger partial charge on any atom is 0.238 e. The van der Waals surface area contributed by atoms with Crippen LogP contribution in [0.25, 0.3) is 0 Å². The van der Waals surface area contributed by atoms with Crippen LogP contribution < -0.4 is 15.2 Å². The molecule has 2 rings (SSSR count). The van der Waals surface area contributed by atoms with Crippen LogP contribution in [0.15, 0.2) is 18.2 Å². The van der Waals surface area contributed by atoms with Crippen molar-refractivity contribution in [1.29, 1.82) is 0 Å². The molecule has 12 heavy (non-hydrogen) atoms. The Balaban J connectivity index is 0.000000720. The number of rotatable bonds is 0. The van der Waals surface area contributed by atoms with Crippen LogP contribution in [-0.4, -0.2) is 6.29 Å². The minimum Gasteiger partial charge on any atom is -0.451 e. The summed E-state index contributed by atoms with van der Waals surface area (Å²) in [6.07, 6.45) is -0.188. The molecule has 0 aromatic heterocycles. The third-order valence-electron chi connectivity index (χ3n) is 1.55. The van der Waals surface area contributed by atoms with Crippen LogP contribution in [0.5, 0.6) is 11.5 Å². The summed E-state index contributed by atoms with van der Waals surface area (Å²) >= 11 is 0. The fraction of sp³-hybridized carbons (Fsp3) is 0.250. The Hall–Kier alpha value is -1.09. The van der Waals surface area contributed by atoms with Gasteiger partial charge in [-0.25, -0.2) is 0 Å². The molecule has 1 aromatic carbocycles. The monoisotopic (exact) mass is 187 g/mol. The Labute approximate surface area is 76.9 Å². The molecule has 0 radical (unpaired) electrons. The maximum atomic E-state index is 5.54. The van der Waals surface area contributed by atoms with E-state index in [1.54, 1.807) is 12.1 Å². The quantitative estimate of drug-likeness (QED) is 0.630. The van der Waals surface area contributed by atoms with Crippen LogP contribution in [-0.2, 0) is 0 Å². The minimum absolute atomic E-state index is 0. The van der Waals surface area contributed by atoms with Gasteiger partial charge in [0, 0.05) is 18.7 Å². The Morgan fingerprint density at radius 3 is 2.67 bits per heavy atom. The number of anilines is 1. The summed E-state index contributed by atoms with van der Waals surface area (Å²) in [5, 5.41) is 0. The van der Waals surface area contributed by atoms with E-state index in [9.17, 15) is 0 Å². The minimum atomic E-state index is -0.188. The summed E-state index contributed by atoms with van der Waals surface area (Å²) in [5.41, 5.74) is 6.24. The Bertz CT molecular complexity index is 290. The topological polar surface area (TPSA) is 44.5 Å². The Kier molecular flexibility index (Phi) is 2.33. The van der Waals surface area contributed by atoms with E-state index in [0.717, 1.165) is 11.5 Å². The normalized spacial score (nSPS) is 18.6. The van der Waals surface area contributed by atoms with Gasteiger partial charge in [-0.15, -0.1) is 12.4 Å². The fourth-order valence-electron chi connectivity index (χ4n) is 1.10. The third-order valence-corrected chi connectivity index (χ3v) is 1.55. The van der Waals surface area contributed by atoms with E-state index in [-0.39, 0.29) is 18.7 Å². The van der Waals surface area contributed by atoms with Crippen molar-refractivity contribution in [3.05, 3.63) is 18.2 Å². The lowest BCUT2D eigenvalue weighted by molar-refractivity contribution is 0.0679. The zero-order chi connectivity index (χ0) is 7.84. The van der Waals surface area contributed by atoms with Gasteiger partial charge in [-0.1, -0.05) is 0 Å². The van der Waals surface area contributed by atoms with E-state index in [2.05, 4.69) is 0 Å². The first-order chi connectivity index (χ1) is 5.25. The van der Waals surface area contributed by atoms with Gasteiger partial charge in [-0.2, -0.15) is 0 Å². The fourth-order valence-corrected chi connectivity index (χ4v) is 1.10. The Morgan fingerprint density at radius 2 is 1.92 bits per heavy atom. The van der Waals surface area contributed by atoms with Gasteiger partial charge in [0.05, 0.1) is 0 Å². The van der Waals surface area contributed by atoms with Crippen molar-refractivity contribution in [3.8, 4) is 11.5 Å². The molecule has 1 atom stereocenters. The number of nitrogens with two attached hydrogens (primary N) is 1. The second-order valence-electron chi connectivity index (χ2n) is 2.51. The number of nitrogen functional groups attached to an aromatic ring is 1. The summed E-state index contributed by atoms with van der Waals surface area (Å²) in [5.74, 6) is 1.50. The van der Waals surface area contributed by atoms with Crippen molar-refractivity contribution in [1.82, 2.24) is 0 Å². The van der Waals surface area contributed by atoms with Crippen molar-refractivity contribution in [3.63, 3.8) is 0 Å². The predicted octanol–water partition coefficient (Wildman–Crippen LogP) is 1.81. The van der Waals surface area contributed by atoms with E-state index in [1.807, 2.05) is 13.0 Å². The highest BCUT2D eigenvalue weighted by molar-refractivity contribution is 5.85. The summed E-state index contributed by atoms with van der Waals surface area (Å²) in [4.78, 5) is 0. The highest BCUT2D eigenvalue weighted by Crippen LogP contribution is 2.35. The summed E-state index contributed by atoms with van der Waals surface area (Å²) in [7, 11) is 0. The molecule has 0 saturated carbocycles. The first kappa shape index (κ1) is 9.00. The molecule has 1 heterocycles. The van der Waals surface area contributed by atoms with Gasteiger partial charge in [0.1, 0.15) is 0 Å². The summed E-state index contributed by atoms with van der Waals surface area (Å²) in [6, 6.07) is 5.37. The number of benzene rings is 1. The molecule has 1 unspecified atom stereocenters. The molecule has 1 aliphatic rings. The van der Waals surface area contributed by atoms with Crippen molar-refractivity contribution >= 4 is 18.1 Å². The average Bonchev–Trinajstić information content (AvgIpc) is 2.27. The van der Waals surface area contributed by atoms with Gasteiger partial charge in [-0.3, -0.25) is 0 Å². The molecule has 0 saturated heterocycles. The van der Waals surface area contributed by atoms with Gasteiger partial charge in [0.25, 0.3) is 0 Å². The maximum absolute atomic E-state index is 5.54. The molecule has 3 nitrogen and oxygen atoms in total. The van der Waals surface area contributed by atoms with Crippen LogP contribution in [0.2, 0.25) is 0 Å². The standard InChI is InChI=1S/C8H9NO2.ClH/c1-5-10-7-3-2-6(9)4-8(7)11-5;/h2-5H,9H2,1H3;1H. The van der Waals surface area contributed by atoms with Gasteiger partial charge >= 0.3 is 0 Å².